The van der Waals surface area contributed by atoms with Crippen LogP contribution in [0.4, 0.5) is 0 Å². The van der Waals surface area contributed by atoms with E-state index in [1.165, 1.54) is 13.8 Å². The first-order valence-electron chi connectivity index (χ1n) is 34.9. The Hall–Kier alpha value is -1.91. The molecule has 6 heterocycles. The van der Waals surface area contributed by atoms with E-state index in [0.29, 0.717) is 25.7 Å². The maximum absolute atomic E-state index is 15.6. The summed E-state index contributed by atoms with van der Waals surface area (Å²) in [5.41, 5.74) is -3.37. The molecule has 0 amide bonds. The second kappa shape index (κ2) is 31.4. The largest absolute Gasteiger partial charge is 0.394 e. The Balaban J connectivity index is 0.838. The Morgan fingerprint density at radius 3 is 1.38 bits per heavy atom. The van der Waals surface area contributed by atoms with Gasteiger partial charge in [0.2, 0.25) is 0 Å². The monoisotopic (exact) mass is 1450 g/mol. The van der Waals surface area contributed by atoms with E-state index < -0.39 is 263 Å². The van der Waals surface area contributed by atoms with Crippen molar-refractivity contribution in [3.63, 3.8) is 0 Å². The van der Waals surface area contributed by atoms with E-state index in [-0.39, 0.29) is 42.3 Å². The number of rotatable bonds is 23. The van der Waals surface area contributed by atoms with Crippen molar-refractivity contribution in [1.82, 2.24) is 0 Å². The lowest BCUT2D eigenvalue weighted by atomic mass is 9.38. The number of ketones is 1. The van der Waals surface area contributed by atoms with Gasteiger partial charge in [0.1, 0.15) is 152 Å². The molecule has 34 nitrogen and oxygen atoms in total. The predicted octanol–water partition coefficient (Wildman–Crippen LogP) is -7.38. The minimum absolute atomic E-state index is 0.0422. The molecule has 6 saturated heterocycles. The number of ether oxygens (including phenoxy) is 12. The Bertz CT molecular complexity index is 2720. The number of allylic oxidation sites excluding steroid dienone is 1. The molecular weight excluding hydrogens is 1340 g/mol. The SMILES string of the molecule is CC(CCC(OC1OC(COC2OC(CO)C(O)C(O)C2O)C(O)C(O)C1OC1OC(CO)C(O)C(O)C1O)C(C)(C)O)C1CCC2(C)C3CC=C4C(CCC(OC5OC(COC6OC(CO)C(O)C(O)C6O)C(OC6OC(CO)C(O)C(O)C6O)C(O)C5O)C4(C)C)C3(C)C(=O)CC12C. The smallest absolute Gasteiger partial charge is 0.187 e. The van der Waals surface area contributed by atoms with Crippen LogP contribution in [0.2, 0.25) is 0 Å². The Labute approximate surface area is 578 Å². The summed E-state index contributed by atoms with van der Waals surface area (Å²) in [5, 5.41) is 226. The molecular formula is C66H110O34. The van der Waals surface area contributed by atoms with E-state index in [1.54, 1.807) is 0 Å². The van der Waals surface area contributed by atoms with Gasteiger partial charge in [-0.05, 0) is 93.3 Å². The van der Waals surface area contributed by atoms with E-state index >= 15 is 4.79 Å². The first kappa shape index (κ1) is 80.6. The third-order valence-corrected chi connectivity index (χ3v) is 24.7. The normalized spacial score (nSPS) is 51.3. The molecule has 39 atom stereocenters. The highest BCUT2D eigenvalue weighted by molar-refractivity contribution is 5.88. The van der Waals surface area contributed by atoms with Crippen molar-refractivity contribution >= 4 is 5.78 Å². The second-order valence-corrected chi connectivity index (χ2v) is 31.3. The maximum Gasteiger partial charge on any atom is 0.187 e. The molecule has 10 aliphatic rings. The lowest BCUT2D eigenvalue weighted by Gasteiger charge is -2.65. The van der Waals surface area contributed by atoms with E-state index in [0.717, 1.165) is 18.4 Å². The van der Waals surface area contributed by atoms with Crippen LogP contribution in [0.25, 0.3) is 0 Å². The molecule has 34 heteroatoms. The number of hydrogen-bond acceptors (Lipinski definition) is 34. The molecule has 6 aliphatic heterocycles. The highest BCUT2D eigenvalue weighted by atomic mass is 16.8. The summed E-state index contributed by atoms with van der Waals surface area (Å²) in [4.78, 5) is 15.6. The Morgan fingerprint density at radius 2 is 0.890 bits per heavy atom. The molecule has 0 aromatic heterocycles. The molecule has 0 bridgehead atoms. The topological polar surface area (TPSA) is 553 Å². The second-order valence-electron chi connectivity index (χ2n) is 31.3. The summed E-state index contributed by atoms with van der Waals surface area (Å²) in [6.45, 7) is 10.9. The van der Waals surface area contributed by atoms with Crippen LogP contribution < -0.4 is 0 Å². The standard InChI is InChI=1S/C66H110O34/c1-24(9-13-37(63(4,5)88)98-61-55(100-60-52(86)46(80)41(75)31(21-70)94-60)47(81)42(76)32(95-61)22-89-56-49(83)43(77)38(72)28(18-67)91-56)25-15-16-64(6)34-12-10-26-27(66(34,8)35(71)17-65(25,64)7)11-14-36(62(26,2)3)97-58-53(87)48(82)54(99-59-51(85)45(79)40(74)30(20-69)93-59)33(96-58)23-90-57-50(84)44(78)39(73)29(19-68)92-57/h10,24-25,27-34,36-61,67-70,72-88H,9,11-23H2,1-8H3. The summed E-state index contributed by atoms with van der Waals surface area (Å²) >= 11 is 0. The fourth-order valence-corrected chi connectivity index (χ4v) is 18.2. The summed E-state index contributed by atoms with van der Waals surface area (Å²) < 4.78 is 71.6. The lowest BCUT2D eigenvalue weighted by molar-refractivity contribution is -0.380. The molecule has 3 saturated carbocycles. The number of aliphatic hydroxyl groups is 21. The molecule has 4 aliphatic carbocycles. The van der Waals surface area contributed by atoms with E-state index in [9.17, 15) is 107 Å². The molecule has 578 valence electrons. The molecule has 0 aromatic rings. The van der Waals surface area contributed by atoms with Crippen molar-refractivity contribution in [2.24, 2.45) is 45.3 Å². The number of fused-ring (bicyclic) bond motifs is 5. The minimum atomic E-state index is -1.99. The molecule has 9 fully saturated rings. The number of carbonyl (C=O) groups excluding carboxylic acids is 1. The van der Waals surface area contributed by atoms with Gasteiger partial charge in [0.15, 0.2) is 37.7 Å². The van der Waals surface area contributed by atoms with Crippen LogP contribution in [-0.2, 0) is 61.6 Å². The maximum atomic E-state index is 15.6. The van der Waals surface area contributed by atoms with E-state index in [1.807, 2.05) is 13.8 Å². The molecule has 10 rings (SSSR count). The van der Waals surface area contributed by atoms with Crippen LogP contribution in [0, 0.1) is 45.3 Å². The average Bonchev–Trinajstić information content (AvgIpc) is 1.34. The van der Waals surface area contributed by atoms with Crippen LogP contribution in [0.1, 0.15) is 107 Å². The third-order valence-electron chi connectivity index (χ3n) is 24.7. The fraction of sp³-hybridized carbons (Fsp3) is 0.955. The van der Waals surface area contributed by atoms with Gasteiger partial charge in [0.25, 0.3) is 0 Å². The number of hydrogen-bond donors (Lipinski definition) is 21. The van der Waals surface area contributed by atoms with Gasteiger partial charge in [-0.15, -0.1) is 0 Å². The van der Waals surface area contributed by atoms with Crippen LogP contribution in [0.5, 0.6) is 0 Å². The molecule has 0 spiro atoms. The van der Waals surface area contributed by atoms with E-state index in [2.05, 4.69) is 33.8 Å². The van der Waals surface area contributed by atoms with Crippen molar-refractivity contribution in [3.05, 3.63) is 11.6 Å². The summed E-state index contributed by atoms with van der Waals surface area (Å²) in [5.74, 6) is -0.468. The van der Waals surface area contributed by atoms with Crippen molar-refractivity contribution in [1.29, 1.82) is 0 Å². The molecule has 21 N–H and O–H groups in total. The number of carbonyl (C=O) groups is 1. The van der Waals surface area contributed by atoms with E-state index in [4.69, 9.17) is 56.8 Å². The molecule has 0 aromatic carbocycles. The summed E-state index contributed by atoms with van der Waals surface area (Å²) in [6.07, 6.45) is -48.6. The molecule has 0 radical (unpaired) electrons. The van der Waals surface area contributed by atoms with Gasteiger partial charge >= 0.3 is 0 Å². The zero-order valence-corrected chi connectivity index (χ0v) is 57.5. The van der Waals surface area contributed by atoms with Gasteiger partial charge in [-0.2, -0.15) is 0 Å². The summed E-state index contributed by atoms with van der Waals surface area (Å²) in [6, 6.07) is 0. The highest BCUT2D eigenvalue weighted by Gasteiger charge is 2.71. The molecule has 39 unspecified atom stereocenters. The van der Waals surface area contributed by atoms with Gasteiger partial charge in [-0.3, -0.25) is 4.79 Å². The molecule has 100 heavy (non-hydrogen) atoms. The summed E-state index contributed by atoms with van der Waals surface area (Å²) in [7, 11) is 0. The van der Waals surface area contributed by atoms with Crippen molar-refractivity contribution in [3.8, 4) is 0 Å². The van der Waals surface area contributed by atoms with Crippen molar-refractivity contribution < 1.29 is 169 Å². The minimum Gasteiger partial charge on any atom is -0.394 e. The highest BCUT2D eigenvalue weighted by Crippen LogP contribution is 2.74. The Morgan fingerprint density at radius 1 is 0.480 bits per heavy atom. The van der Waals surface area contributed by atoms with Crippen LogP contribution in [0.15, 0.2) is 11.6 Å². The van der Waals surface area contributed by atoms with Gasteiger partial charge in [0, 0.05) is 17.3 Å². The van der Waals surface area contributed by atoms with Gasteiger partial charge < -0.3 is 164 Å². The third kappa shape index (κ3) is 14.7. The zero-order chi connectivity index (χ0) is 73.5. The van der Waals surface area contributed by atoms with Crippen LogP contribution in [-0.4, -0.2) is 355 Å². The van der Waals surface area contributed by atoms with Gasteiger partial charge in [-0.25, -0.2) is 0 Å². The van der Waals surface area contributed by atoms with Crippen molar-refractivity contribution in [2.75, 3.05) is 39.6 Å². The Kier molecular flexibility index (Phi) is 25.3. The number of aliphatic hydroxyl groups excluding tert-OH is 20. The fourth-order valence-electron chi connectivity index (χ4n) is 18.2. The first-order chi connectivity index (χ1) is 46.9. The van der Waals surface area contributed by atoms with Gasteiger partial charge in [-0.1, -0.05) is 53.2 Å². The lowest BCUT2D eigenvalue weighted by Crippen LogP contribution is -2.66. The first-order valence-corrected chi connectivity index (χ1v) is 34.9. The van der Waals surface area contributed by atoms with Crippen LogP contribution >= 0.6 is 0 Å². The van der Waals surface area contributed by atoms with Gasteiger partial charge in [0.05, 0.1) is 57.5 Å². The quantitative estimate of drug-likeness (QED) is 0.0423. The zero-order valence-electron chi connectivity index (χ0n) is 57.5. The van der Waals surface area contributed by atoms with Crippen molar-refractivity contribution in [2.45, 2.75) is 309 Å². The van der Waals surface area contributed by atoms with Crippen LogP contribution in [0.3, 0.4) is 0 Å². The number of Topliss-reactive ketones (excluding diaryl/α,β-unsaturated/α-hetero) is 1. The predicted molar refractivity (Wildman–Crippen MR) is 332 cm³/mol. The average molecular weight is 1450 g/mol.